The fourth-order valence-corrected chi connectivity index (χ4v) is 7.37. The first-order valence-electron chi connectivity index (χ1n) is 15.7. The summed E-state index contributed by atoms with van der Waals surface area (Å²) in [5.41, 5.74) is 12.5. The van der Waals surface area contributed by atoms with Crippen LogP contribution in [-0.4, -0.2) is 11.5 Å². The Morgan fingerprint density at radius 1 is 0.435 bits per heavy atom. The molecular formula is C42H26BNO2. The first-order chi connectivity index (χ1) is 22.8. The second-order valence-corrected chi connectivity index (χ2v) is 12.1. The highest BCUT2D eigenvalue weighted by Gasteiger charge is 2.41. The number of aromatic nitrogens is 1. The Kier molecular flexibility index (Phi) is 5.37. The third-order valence-electron chi connectivity index (χ3n) is 9.48. The molecule has 7 aromatic carbocycles. The molecule has 1 aromatic heterocycles. The van der Waals surface area contributed by atoms with Crippen molar-refractivity contribution in [2.45, 2.75) is 0 Å². The Morgan fingerprint density at radius 3 is 1.91 bits per heavy atom. The van der Waals surface area contributed by atoms with Crippen LogP contribution in [-0.2, 0) is 0 Å². The smallest absolute Gasteiger partial charge is 0.434 e. The molecule has 0 N–H and O–H groups in total. The minimum atomic E-state index is -0.290. The van der Waals surface area contributed by atoms with Gasteiger partial charge in [-0.25, -0.2) is 0 Å². The van der Waals surface area contributed by atoms with Crippen molar-refractivity contribution in [2.75, 3.05) is 0 Å². The molecule has 3 nitrogen and oxygen atoms in total. The zero-order valence-electron chi connectivity index (χ0n) is 24.9. The summed E-state index contributed by atoms with van der Waals surface area (Å²) in [6.45, 7) is -0.290. The Bertz CT molecular complexity index is 2440. The molecule has 0 radical (unpaired) electrons. The molecule has 2 aliphatic heterocycles. The molecule has 2 aliphatic rings. The molecule has 10 rings (SSSR count). The molecule has 0 spiro atoms. The Hall–Kier alpha value is -6.00. The Morgan fingerprint density at radius 2 is 1.11 bits per heavy atom. The second kappa shape index (κ2) is 9.75. The molecule has 0 bridgehead atoms. The summed E-state index contributed by atoms with van der Waals surface area (Å²) in [5.74, 6) is 2.56. The minimum Gasteiger partial charge on any atom is -0.551 e. The maximum Gasteiger partial charge on any atom is 0.434 e. The van der Waals surface area contributed by atoms with E-state index in [9.17, 15) is 0 Å². The van der Waals surface area contributed by atoms with Crippen LogP contribution in [0.2, 0.25) is 0 Å². The number of hydrogen-bond acceptors (Lipinski definition) is 2. The van der Waals surface area contributed by atoms with Gasteiger partial charge in [0.1, 0.15) is 17.2 Å². The van der Waals surface area contributed by atoms with Gasteiger partial charge in [-0.3, -0.25) is 0 Å². The van der Waals surface area contributed by atoms with E-state index in [-0.39, 0.29) is 6.92 Å². The second-order valence-electron chi connectivity index (χ2n) is 12.1. The van der Waals surface area contributed by atoms with E-state index in [1.165, 1.54) is 32.9 Å². The zero-order chi connectivity index (χ0) is 30.2. The third kappa shape index (κ3) is 3.74. The third-order valence-corrected chi connectivity index (χ3v) is 9.48. The van der Waals surface area contributed by atoms with Crippen molar-refractivity contribution in [2.24, 2.45) is 0 Å². The van der Waals surface area contributed by atoms with E-state index in [1.807, 2.05) is 6.07 Å². The standard InChI is InChI=1S/C42H26BNO2/c1-2-10-27(11-3-1)28-12-8-13-29(24-28)30-20-22-34-35-16-9-19-40-42(35)43(46-41(34)25-30)36-26-31(21-23-39(36)45-40)44-37-17-6-4-14-32(37)33-15-5-7-18-38(33)44/h1-26H. The van der Waals surface area contributed by atoms with Crippen molar-refractivity contribution in [3.63, 3.8) is 0 Å². The highest BCUT2D eigenvalue weighted by molar-refractivity contribution is 6.84. The van der Waals surface area contributed by atoms with Crippen molar-refractivity contribution in [3.05, 3.63) is 158 Å². The molecule has 214 valence electrons. The number of rotatable bonds is 3. The number of para-hydroxylation sites is 2. The molecule has 0 unspecified atom stereocenters. The van der Waals surface area contributed by atoms with Crippen LogP contribution in [0.15, 0.2) is 158 Å². The van der Waals surface area contributed by atoms with Crippen LogP contribution in [0.5, 0.6) is 17.2 Å². The number of fused-ring (bicyclic) bond motifs is 7. The van der Waals surface area contributed by atoms with Crippen LogP contribution in [0.1, 0.15) is 0 Å². The number of hydrogen-bond donors (Lipinski definition) is 0. The van der Waals surface area contributed by atoms with E-state index in [1.54, 1.807) is 0 Å². The summed E-state index contributed by atoms with van der Waals surface area (Å²) in [4.78, 5) is 0. The van der Waals surface area contributed by atoms with Gasteiger partial charge in [-0.1, -0.05) is 109 Å². The molecule has 0 fully saturated rings. The van der Waals surface area contributed by atoms with E-state index in [4.69, 9.17) is 9.39 Å². The Labute approximate surface area is 267 Å². The minimum absolute atomic E-state index is 0.290. The normalized spacial score (nSPS) is 12.7. The fourth-order valence-electron chi connectivity index (χ4n) is 7.37. The Balaban J connectivity index is 1.11. The van der Waals surface area contributed by atoms with Gasteiger partial charge in [-0.05, 0) is 76.3 Å². The lowest BCUT2D eigenvalue weighted by Gasteiger charge is -2.33. The quantitative estimate of drug-likeness (QED) is 0.192. The maximum atomic E-state index is 7.00. The maximum absolute atomic E-state index is 7.00. The van der Waals surface area contributed by atoms with Crippen molar-refractivity contribution < 1.29 is 9.39 Å². The van der Waals surface area contributed by atoms with Crippen molar-refractivity contribution in [1.82, 2.24) is 4.57 Å². The molecule has 0 amide bonds. The van der Waals surface area contributed by atoms with Crippen LogP contribution in [0.4, 0.5) is 0 Å². The van der Waals surface area contributed by atoms with Crippen molar-refractivity contribution >= 4 is 39.6 Å². The van der Waals surface area contributed by atoms with Crippen LogP contribution >= 0.6 is 0 Å². The molecule has 8 aromatic rings. The summed E-state index contributed by atoms with van der Waals surface area (Å²) in [5, 5.41) is 2.48. The first-order valence-corrected chi connectivity index (χ1v) is 15.7. The van der Waals surface area contributed by atoms with Gasteiger partial charge in [0.05, 0.1) is 11.0 Å². The SMILES string of the molecule is c1ccc(-c2cccc(-c3ccc4c(c3)OB3c5cc(-n6c7ccccc7c7ccccc76)ccc5Oc5cccc-4c53)c2)cc1. The van der Waals surface area contributed by atoms with Crippen LogP contribution in [0.3, 0.4) is 0 Å². The van der Waals surface area contributed by atoms with Gasteiger partial charge in [0, 0.05) is 32.9 Å². The monoisotopic (exact) mass is 587 g/mol. The van der Waals surface area contributed by atoms with Gasteiger partial charge in [-0.15, -0.1) is 0 Å². The molecule has 46 heavy (non-hydrogen) atoms. The summed E-state index contributed by atoms with van der Waals surface area (Å²) in [7, 11) is 0. The number of benzene rings is 7. The van der Waals surface area contributed by atoms with E-state index in [0.29, 0.717) is 0 Å². The van der Waals surface area contributed by atoms with Crippen molar-refractivity contribution in [1.29, 1.82) is 0 Å². The van der Waals surface area contributed by atoms with Gasteiger partial charge >= 0.3 is 6.92 Å². The van der Waals surface area contributed by atoms with Crippen LogP contribution in [0.25, 0.3) is 60.9 Å². The van der Waals surface area contributed by atoms with Gasteiger partial charge in [-0.2, -0.15) is 0 Å². The summed E-state index contributed by atoms with van der Waals surface area (Å²) >= 11 is 0. The molecule has 0 saturated heterocycles. The lowest BCUT2D eigenvalue weighted by atomic mass is 9.51. The fraction of sp³-hybridized carbons (Fsp3) is 0. The summed E-state index contributed by atoms with van der Waals surface area (Å²) in [6, 6.07) is 55.9. The van der Waals surface area contributed by atoms with E-state index >= 15 is 0 Å². The number of nitrogens with zero attached hydrogens (tertiary/aromatic N) is 1. The lowest BCUT2D eigenvalue weighted by Crippen LogP contribution is -2.53. The molecule has 4 heteroatoms. The van der Waals surface area contributed by atoms with Crippen LogP contribution < -0.4 is 20.3 Å². The summed E-state index contributed by atoms with van der Waals surface area (Å²) in [6.07, 6.45) is 0. The van der Waals surface area contributed by atoms with E-state index < -0.39 is 0 Å². The van der Waals surface area contributed by atoms with Gasteiger partial charge in [0.25, 0.3) is 0 Å². The van der Waals surface area contributed by atoms with Gasteiger partial charge in [0.15, 0.2) is 0 Å². The molecule has 3 heterocycles. The zero-order valence-corrected chi connectivity index (χ0v) is 24.9. The molecule has 0 aliphatic carbocycles. The lowest BCUT2D eigenvalue weighted by molar-refractivity contribution is 0.479. The highest BCUT2D eigenvalue weighted by atomic mass is 16.5. The first kappa shape index (κ1) is 25.3. The van der Waals surface area contributed by atoms with Crippen molar-refractivity contribution in [3.8, 4) is 56.3 Å². The largest absolute Gasteiger partial charge is 0.551 e. The van der Waals surface area contributed by atoms with E-state index in [2.05, 4.69) is 156 Å². The van der Waals surface area contributed by atoms with Gasteiger partial charge < -0.3 is 14.0 Å². The average Bonchev–Trinajstić information content (AvgIpc) is 3.46. The number of ether oxygens (including phenoxy) is 1. The predicted octanol–water partition coefficient (Wildman–Crippen LogP) is 9.39. The molecule has 0 atom stereocenters. The molecule has 0 saturated carbocycles. The molecular weight excluding hydrogens is 561 g/mol. The summed E-state index contributed by atoms with van der Waals surface area (Å²) < 4.78 is 15.9. The topological polar surface area (TPSA) is 23.4 Å². The average molecular weight is 587 g/mol. The highest BCUT2D eigenvalue weighted by Crippen LogP contribution is 2.42. The van der Waals surface area contributed by atoms with Gasteiger partial charge in [0.2, 0.25) is 0 Å². The predicted molar refractivity (Wildman–Crippen MR) is 189 cm³/mol. The van der Waals surface area contributed by atoms with E-state index in [0.717, 1.165) is 56.1 Å². The van der Waals surface area contributed by atoms with Crippen LogP contribution in [0, 0.1) is 0 Å².